The molecule has 2 aromatic carbocycles. The number of Topliss-reactive ketones (excluding diaryl/α,β-unsaturated/α-hetero) is 1. The third kappa shape index (κ3) is 1.64. The van der Waals surface area contributed by atoms with Gasteiger partial charge in [0, 0.05) is 11.8 Å². The molecule has 0 aliphatic heterocycles. The molecule has 2 aliphatic rings. The number of hydrogen-bond acceptors (Lipinski definition) is 2. The van der Waals surface area contributed by atoms with Gasteiger partial charge < -0.3 is 4.74 Å². The molecule has 2 nitrogen and oxygen atoms in total. The molecule has 1 fully saturated rings. The highest BCUT2D eigenvalue weighted by Crippen LogP contribution is 2.57. The molecule has 0 heterocycles. The van der Waals surface area contributed by atoms with Crippen LogP contribution in [0.5, 0.6) is 5.75 Å². The van der Waals surface area contributed by atoms with Gasteiger partial charge in [0.2, 0.25) is 0 Å². The first-order valence-corrected chi connectivity index (χ1v) is 7.87. The van der Waals surface area contributed by atoms with Crippen LogP contribution in [0.3, 0.4) is 0 Å². The van der Waals surface area contributed by atoms with Gasteiger partial charge in [-0.1, -0.05) is 31.7 Å². The maximum Gasteiger partial charge on any atom is 0.139 e. The Bertz CT molecular complexity index is 818. The molecule has 2 aliphatic carbocycles. The van der Waals surface area contributed by atoms with Crippen molar-refractivity contribution in [3.63, 3.8) is 0 Å². The van der Waals surface area contributed by atoms with Crippen LogP contribution in [0, 0.1) is 5.41 Å². The molecule has 0 aromatic heterocycles. The lowest BCUT2D eigenvalue weighted by molar-refractivity contribution is -0.125. The molecular weight excluding hydrogens is 272 g/mol. The third-order valence-electron chi connectivity index (χ3n) is 5.63. The van der Waals surface area contributed by atoms with Crippen LogP contribution in [0.2, 0.25) is 0 Å². The summed E-state index contributed by atoms with van der Waals surface area (Å²) in [7, 11) is 1.69. The molecule has 2 heteroatoms. The first kappa shape index (κ1) is 13.6. The highest BCUT2D eigenvalue weighted by Gasteiger charge is 2.50. The number of carbonyl (C=O) groups is 1. The summed E-state index contributed by atoms with van der Waals surface area (Å²) in [6, 6.07) is 10.5. The van der Waals surface area contributed by atoms with E-state index in [9.17, 15) is 4.79 Å². The molecule has 1 saturated carbocycles. The quantitative estimate of drug-likeness (QED) is 0.760. The van der Waals surface area contributed by atoms with E-state index < -0.39 is 0 Å². The van der Waals surface area contributed by atoms with Gasteiger partial charge in [-0.2, -0.15) is 0 Å². The third-order valence-corrected chi connectivity index (χ3v) is 5.63. The van der Waals surface area contributed by atoms with Crippen LogP contribution >= 0.6 is 0 Å². The van der Waals surface area contributed by atoms with Crippen molar-refractivity contribution < 1.29 is 9.53 Å². The van der Waals surface area contributed by atoms with E-state index in [0.29, 0.717) is 18.1 Å². The van der Waals surface area contributed by atoms with Gasteiger partial charge in [-0.15, -0.1) is 0 Å². The average Bonchev–Trinajstić information content (AvgIpc) is 2.81. The Balaban J connectivity index is 1.98. The summed E-state index contributed by atoms with van der Waals surface area (Å²) in [6.07, 6.45) is 2.46. The monoisotopic (exact) mass is 292 g/mol. The van der Waals surface area contributed by atoms with E-state index in [2.05, 4.69) is 37.8 Å². The highest BCUT2D eigenvalue weighted by atomic mass is 16.5. The largest absolute Gasteiger partial charge is 0.497 e. The first-order chi connectivity index (χ1) is 10.5. The molecule has 2 atom stereocenters. The first-order valence-electron chi connectivity index (χ1n) is 7.87. The standard InChI is InChI=1S/C20H20O2/c1-12-11-20(2)17(8-9-18(20)21)16-6-4-13-10-14(22-3)5-7-15(13)19(12)16/h4-7,10,17H,1,8-9,11H2,2-3H3/t17-,20+/m0/s1. The van der Waals surface area contributed by atoms with Crippen LogP contribution in [0.1, 0.15) is 43.2 Å². The summed E-state index contributed by atoms with van der Waals surface area (Å²) < 4.78 is 5.33. The Kier molecular flexibility index (Phi) is 2.75. The van der Waals surface area contributed by atoms with Crippen LogP contribution in [0.25, 0.3) is 16.3 Å². The number of methoxy groups -OCH3 is 1. The zero-order valence-corrected chi connectivity index (χ0v) is 13.1. The van der Waals surface area contributed by atoms with Gasteiger partial charge in [0.1, 0.15) is 11.5 Å². The lowest BCUT2D eigenvalue weighted by atomic mass is 9.64. The van der Waals surface area contributed by atoms with E-state index in [4.69, 9.17) is 4.74 Å². The molecule has 2 aromatic rings. The van der Waals surface area contributed by atoms with Crippen LogP contribution in [-0.2, 0) is 4.79 Å². The van der Waals surface area contributed by atoms with Crippen LogP contribution in [-0.4, -0.2) is 12.9 Å². The number of fused-ring (bicyclic) bond motifs is 5. The molecular formula is C20H20O2. The molecule has 22 heavy (non-hydrogen) atoms. The Hall–Kier alpha value is -2.09. The number of ketones is 1. The minimum atomic E-state index is -0.246. The summed E-state index contributed by atoms with van der Waals surface area (Å²) in [4.78, 5) is 12.4. The predicted molar refractivity (Wildman–Crippen MR) is 89.2 cm³/mol. The van der Waals surface area contributed by atoms with Crippen molar-refractivity contribution in [2.45, 2.75) is 32.1 Å². The zero-order chi connectivity index (χ0) is 15.5. The van der Waals surface area contributed by atoms with E-state index in [0.717, 1.165) is 24.2 Å². The second-order valence-corrected chi connectivity index (χ2v) is 6.83. The normalized spacial score (nSPS) is 26.9. The van der Waals surface area contributed by atoms with E-state index >= 15 is 0 Å². The molecule has 0 amide bonds. The van der Waals surface area contributed by atoms with Crippen molar-refractivity contribution in [3.8, 4) is 5.75 Å². The lowest BCUT2D eigenvalue weighted by Gasteiger charge is -2.38. The van der Waals surface area contributed by atoms with E-state index in [1.165, 1.54) is 21.9 Å². The number of benzene rings is 2. The smallest absolute Gasteiger partial charge is 0.139 e. The number of ether oxygens (including phenoxy) is 1. The fourth-order valence-electron chi connectivity index (χ4n) is 4.46. The van der Waals surface area contributed by atoms with Crippen molar-refractivity contribution in [2.75, 3.05) is 7.11 Å². The van der Waals surface area contributed by atoms with E-state index in [-0.39, 0.29) is 5.41 Å². The predicted octanol–water partition coefficient (Wildman–Crippen LogP) is 4.72. The summed E-state index contributed by atoms with van der Waals surface area (Å²) in [5, 5.41) is 2.40. The summed E-state index contributed by atoms with van der Waals surface area (Å²) in [5.74, 6) is 1.61. The van der Waals surface area contributed by atoms with Crippen LogP contribution in [0.15, 0.2) is 36.9 Å². The Morgan fingerprint density at radius 2 is 2.09 bits per heavy atom. The summed E-state index contributed by atoms with van der Waals surface area (Å²) >= 11 is 0. The topological polar surface area (TPSA) is 26.3 Å². The average molecular weight is 292 g/mol. The fourth-order valence-corrected chi connectivity index (χ4v) is 4.46. The molecule has 0 spiro atoms. The Labute approximate surface area is 130 Å². The lowest BCUT2D eigenvalue weighted by Crippen LogP contribution is -2.31. The maximum absolute atomic E-state index is 12.4. The second-order valence-electron chi connectivity index (χ2n) is 6.83. The highest BCUT2D eigenvalue weighted by molar-refractivity contribution is 6.00. The van der Waals surface area contributed by atoms with Crippen molar-refractivity contribution in [3.05, 3.63) is 48.0 Å². The number of allylic oxidation sites excluding steroid dienone is 1. The van der Waals surface area contributed by atoms with Gasteiger partial charge in [0.05, 0.1) is 7.11 Å². The maximum atomic E-state index is 12.4. The molecule has 0 saturated heterocycles. The van der Waals surface area contributed by atoms with Crippen molar-refractivity contribution in [1.29, 1.82) is 0 Å². The second kappa shape index (κ2) is 4.45. The molecule has 0 radical (unpaired) electrons. The molecule has 0 unspecified atom stereocenters. The van der Waals surface area contributed by atoms with Crippen LogP contribution in [0.4, 0.5) is 0 Å². The number of rotatable bonds is 1. The van der Waals surface area contributed by atoms with Gasteiger partial charge >= 0.3 is 0 Å². The SMILES string of the molecule is C=C1C[C@@]2(C)C(=O)CC[C@H]2c2ccc3cc(OC)ccc3c21. The van der Waals surface area contributed by atoms with E-state index in [1.807, 2.05) is 6.07 Å². The Morgan fingerprint density at radius 1 is 1.27 bits per heavy atom. The van der Waals surface area contributed by atoms with Crippen LogP contribution < -0.4 is 4.74 Å². The van der Waals surface area contributed by atoms with Crippen molar-refractivity contribution in [2.24, 2.45) is 5.41 Å². The number of hydrogen-bond donors (Lipinski definition) is 0. The zero-order valence-electron chi connectivity index (χ0n) is 13.1. The van der Waals surface area contributed by atoms with Crippen molar-refractivity contribution >= 4 is 22.1 Å². The number of carbonyl (C=O) groups excluding carboxylic acids is 1. The van der Waals surface area contributed by atoms with Gasteiger partial charge in [0.25, 0.3) is 0 Å². The fraction of sp³-hybridized carbons (Fsp3) is 0.350. The Morgan fingerprint density at radius 3 is 2.86 bits per heavy atom. The summed E-state index contributed by atoms with van der Waals surface area (Å²) in [6.45, 7) is 6.43. The van der Waals surface area contributed by atoms with Gasteiger partial charge in [-0.05, 0) is 58.4 Å². The minimum Gasteiger partial charge on any atom is -0.497 e. The van der Waals surface area contributed by atoms with Gasteiger partial charge in [0.15, 0.2) is 0 Å². The molecule has 112 valence electrons. The summed E-state index contributed by atoms with van der Waals surface area (Å²) in [5.41, 5.74) is 3.42. The minimum absolute atomic E-state index is 0.246. The van der Waals surface area contributed by atoms with Crippen molar-refractivity contribution in [1.82, 2.24) is 0 Å². The van der Waals surface area contributed by atoms with Gasteiger partial charge in [-0.3, -0.25) is 4.79 Å². The van der Waals surface area contributed by atoms with Gasteiger partial charge in [-0.25, -0.2) is 0 Å². The van der Waals surface area contributed by atoms with E-state index in [1.54, 1.807) is 7.11 Å². The molecule has 0 N–H and O–H groups in total. The molecule has 4 rings (SSSR count). The molecule has 0 bridgehead atoms.